The summed E-state index contributed by atoms with van der Waals surface area (Å²) < 4.78 is 16.0. The van der Waals surface area contributed by atoms with Crippen LogP contribution >= 0.6 is 11.8 Å². The number of ether oxygens (including phenoxy) is 3. The molecule has 0 N–H and O–H groups in total. The molecule has 0 unspecified atom stereocenters. The van der Waals surface area contributed by atoms with Crippen LogP contribution in [0.1, 0.15) is 29.7 Å². The maximum atomic E-state index is 12.3. The van der Waals surface area contributed by atoms with Crippen LogP contribution < -0.4 is 9.47 Å². The zero-order valence-electron chi connectivity index (χ0n) is 19.1. The SMILES string of the molecule is C=C(OCCCCc1ccc(OC)cc1)C(=O)Oc1cccc(CSc2ccccc2C)n1. The molecule has 0 aliphatic rings. The number of methoxy groups -OCH3 is 1. The van der Waals surface area contributed by atoms with Crippen molar-refractivity contribution in [3.63, 3.8) is 0 Å². The summed E-state index contributed by atoms with van der Waals surface area (Å²) in [5.74, 6) is 1.14. The predicted molar refractivity (Wildman–Crippen MR) is 132 cm³/mol. The number of pyridine rings is 1. The fraction of sp³-hybridized carbons (Fsp3) is 0.259. The van der Waals surface area contributed by atoms with Gasteiger partial charge in [0.2, 0.25) is 5.88 Å². The van der Waals surface area contributed by atoms with Crippen LogP contribution in [-0.2, 0) is 21.7 Å². The van der Waals surface area contributed by atoms with E-state index in [1.165, 1.54) is 16.0 Å². The molecule has 2 aromatic carbocycles. The van der Waals surface area contributed by atoms with Crippen LogP contribution in [0, 0.1) is 6.92 Å². The van der Waals surface area contributed by atoms with Gasteiger partial charge >= 0.3 is 5.97 Å². The monoisotopic (exact) mass is 463 g/mol. The van der Waals surface area contributed by atoms with Crippen LogP contribution in [0.15, 0.2) is 84.0 Å². The summed E-state index contributed by atoms with van der Waals surface area (Å²) in [6.07, 6.45) is 2.68. The van der Waals surface area contributed by atoms with Gasteiger partial charge in [-0.15, -0.1) is 11.8 Å². The van der Waals surface area contributed by atoms with Crippen molar-refractivity contribution in [2.45, 2.75) is 36.8 Å². The zero-order chi connectivity index (χ0) is 23.5. The van der Waals surface area contributed by atoms with E-state index in [9.17, 15) is 4.79 Å². The third-order valence-corrected chi connectivity index (χ3v) is 6.18. The van der Waals surface area contributed by atoms with Gasteiger partial charge in [0, 0.05) is 16.7 Å². The first kappa shape index (κ1) is 24.4. The lowest BCUT2D eigenvalue weighted by Crippen LogP contribution is -2.14. The summed E-state index contributed by atoms with van der Waals surface area (Å²) in [6.45, 7) is 6.18. The molecule has 0 saturated carbocycles. The van der Waals surface area contributed by atoms with E-state index >= 15 is 0 Å². The van der Waals surface area contributed by atoms with Crippen molar-refractivity contribution in [2.75, 3.05) is 13.7 Å². The number of carbonyl (C=O) groups is 1. The van der Waals surface area contributed by atoms with Crippen molar-refractivity contribution in [1.82, 2.24) is 4.98 Å². The number of aromatic nitrogens is 1. The molecular formula is C27H29NO4S. The number of nitrogens with zero attached hydrogens (tertiary/aromatic N) is 1. The Bertz CT molecular complexity index is 1070. The Morgan fingerprint density at radius 1 is 1.00 bits per heavy atom. The number of aryl methyl sites for hydroxylation is 2. The minimum Gasteiger partial charge on any atom is -0.497 e. The quantitative estimate of drug-likeness (QED) is 0.106. The molecule has 0 fully saturated rings. The number of hydrogen-bond donors (Lipinski definition) is 0. The molecule has 1 aromatic heterocycles. The van der Waals surface area contributed by atoms with Gasteiger partial charge in [-0.25, -0.2) is 9.78 Å². The van der Waals surface area contributed by atoms with E-state index in [1.54, 1.807) is 24.9 Å². The maximum Gasteiger partial charge on any atom is 0.379 e. The average Bonchev–Trinajstić information content (AvgIpc) is 2.84. The third-order valence-electron chi connectivity index (χ3n) is 4.97. The van der Waals surface area contributed by atoms with Gasteiger partial charge in [-0.05, 0) is 68.2 Å². The molecule has 6 heteroatoms. The van der Waals surface area contributed by atoms with Crippen molar-refractivity contribution in [3.8, 4) is 11.6 Å². The van der Waals surface area contributed by atoms with Gasteiger partial charge in [-0.2, -0.15) is 0 Å². The van der Waals surface area contributed by atoms with E-state index in [1.807, 2.05) is 36.4 Å². The van der Waals surface area contributed by atoms with Crippen molar-refractivity contribution in [2.24, 2.45) is 0 Å². The van der Waals surface area contributed by atoms with Crippen molar-refractivity contribution < 1.29 is 19.0 Å². The molecule has 0 aliphatic heterocycles. The molecule has 33 heavy (non-hydrogen) atoms. The highest BCUT2D eigenvalue weighted by molar-refractivity contribution is 7.98. The highest BCUT2D eigenvalue weighted by Gasteiger charge is 2.13. The van der Waals surface area contributed by atoms with Crippen LogP contribution in [0.4, 0.5) is 0 Å². The normalized spacial score (nSPS) is 10.5. The molecule has 3 aromatic rings. The van der Waals surface area contributed by atoms with E-state index in [2.05, 4.69) is 42.8 Å². The summed E-state index contributed by atoms with van der Waals surface area (Å²) in [4.78, 5) is 17.9. The summed E-state index contributed by atoms with van der Waals surface area (Å²) >= 11 is 1.70. The van der Waals surface area contributed by atoms with Crippen LogP contribution in [0.2, 0.25) is 0 Å². The first-order chi connectivity index (χ1) is 16.0. The van der Waals surface area contributed by atoms with Crippen LogP contribution in [0.3, 0.4) is 0 Å². The second-order valence-corrected chi connectivity index (χ2v) is 8.50. The number of unbranched alkanes of at least 4 members (excludes halogenated alkanes) is 1. The van der Waals surface area contributed by atoms with E-state index in [4.69, 9.17) is 14.2 Å². The molecule has 1 heterocycles. The lowest BCUT2D eigenvalue weighted by molar-refractivity contribution is -0.134. The Hall–Kier alpha value is -3.25. The number of thioether (sulfide) groups is 1. The summed E-state index contributed by atoms with van der Waals surface area (Å²) in [5, 5.41) is 0. The van der Waals surface area contributed by atoms with E-state index < -0.39 is 5.97 Å². The van der Waals surface area contributed by atoms with Gasteiger partial charge < -0.3 is 14.2 Å². The molecule has 172 valence electrons. The first-order valence-electron chi connectivity index (χ1n) is 10.9. The summed E-state index contributed by atoms with van der Waals surface area (Å²) in [6, 6.07) is 21.6. The van der Waals surface area contributed by atoms with Crippen molar-refractivity contribution >= 4 is 17.7 Å². The fourth-order valence-corrected chi connectivity index (χ4v) is 4.03. The van der Waals surface area contributed by atoms with Crippen LogP contribution in [0.25, 0.3) is 0 Å². The Morgan fingerprint density at radius 2 is 1.79 bits per heavy atom. The number of esters is 1. The lowest BCUT2D eigenvalue weighted by Gasteiger charge is -2.10. The Balaban J connectivity index is 1.38. The van der Waals surface area contributed by atoms with Gasteiger partial charge in [0.05, 0.1) is 19.4 Å². The zero-order valence-corrected chi connectivity index (χ0v) is 19.9. The Morgan fingerprint density at radius 3 is 2.55 bits per heavy atom. The number of benzene rings is 2. The molecule has 0 amide bonds. The smallest absolute Gasteiger partial charge is 0.379 e. The molecular weight excluding hydrogens is 434 g/mol. The Kier molecular flexibility index (Phi) is 9.39. The minimum absolute atomic E-state index is 0.0130. The molecule has 0 radical (unpaired) electrons. The van der Waals surface area contributed by atoms with Gasteiger partial charge in [0.15, 0.2) is 5.76 Å². The van der Waals surface area contributed by atoms with Gasteiger partial charge in [0.25, 0.3) is 0 Å². The van der Waals surface area contributed by atoms with E-state index in [0.29, 0.717) is 12.4 Å². The van der Waals surface area contributed by atoms with E-state index in [0.717, 1.165) is 30.7 Å². The van der Waals surface area contributed by atoms with E-state index in [-0.39, 0.29) is 11.6 Å². The summed E-state index contributed by atoms with van der Waals surface area (Å²) in [7, 11) is 1.66. The molecule has 0 saturated heterocycles. The Labute approximate surface area is 199 Å². The third kappa shape index (κ3) is 7.99. The largest absolute Gasteiger partial charge is 0.497 e. The van der Waals surface area contributed by atoms with Crippen molar-refractivity contribution in [1.29, 1.82) is 0 Å². The molecule has 0 bridgehead atoms. The minimum atomic E-state index is -0.624. The first-order valence-corrected chi connectivity index (χ1v) is 11.8. The lowest BCUT2D eigenvalue weighted by atomic mass is 10.1. The highest BCUT2D eigenvalue weighted by Crippen LogP contribution is 2.25. The van der Waals surface area contributed by atoms with Crippen LogP contribution in [0.5, 0.6) is 11.6 Å². The van der Waals surface area contributed by atoms with Crippen LogP contribution in [-0.4, -0.2) is 24.7 Å². The highest BCUT2D eigenvalue weighted by atomic mass is 32.2. The molecule has 0 spiro atoms. The maximum absolute atomic E-state index is 12.3. The van der Waals surface area contributed by atoms with Gasteiger partial charge in [-0.3, -0.25) is 0 Å². The van der Waals surface area contributed by atoms with Gasteiger partial charge in [-0.1, -0.05) is 36.4 Å². The average molecular weight is 464 g/mol. The standard InChI is InChI=1S/C27H29NO4S/c1-20-9-4-5-12-25(20)33-19-23-11-8-13-26(28-23)32-27(29)21(2)31-18-7-6-10-22-14-16-24(30-3)17-15-22/h4-5,8-9,11-17H,2,6-7,10,18-19H2,1,3H3. The number of hydrogen-bond acceptors (Lipinski definition) is 6. The topological polar surface area (TPSA) is 57.7 Å². The fourth-order valence-electron chi connectivity index (χ4n) is 3.09. The number of carbonyl (C=O) groups excluding carboxylic acids is 1. The molecule has 3 rings (SSSR count). The molecule has 0 aliphatic carbocycles. The molecule has 0 atom stereocenters. The predicted octanol–water partition coefficient (Wildman–Crippen LogP) is 6.15. The summed E-state index contributed by atoms with van der Waals surface area (Å²) in [5.41, 5.74) is 3.29. The second kappa shape index (κ2) is 12.7. The second-order valence-electron chi connectivity index (χ2n) is 7.49. The van der Waals surface area contributed by atoms with Gasteiger partial charge in [0.1, 0.15) is 5.75 Å². The number of rotatable bonds is 12. The van der Waals surface area contributed by atoms with Crippen molar-refractivity contribution in [3.05, 3.63) is 95.9 Å². The molecule has 5 nitrogen and oxygen atoms in total.